The summed E-state index contributed by atoms with van der Waals surface area (Å²) in [5, 5.41) is 1.86. The van der Waals surface area contributed by atoms with E-state index in [-0.39, 0.29) is 0 Å². The molecular weight excluding hydrogens is 1090 g/mol. The fourth-order valence-corrected chi connectivity index (χ4v) is 33.7. The molecule has 3 saturated heterocycles. The van der Waals surface area contributed by atoms with Crippen LogP contribution in [0.4, 0.5) is 0 Å². The Morgan fingerprint density at radius 2 is 0.854 bits per heavy atom. The van der Waals surface area contributed by atoms with Gasteiger partial charge in [0.2, 0.25) is 0 Å². The molecule has 0 N–H and O–H groups in total. The first-order valence-electron chi connectivity index (χ1n) is 41.8. The van der Waals surface area contributed by atoms with Gasteiger partial charge in [-0.3, -0.25) is 9.80 Å². The molecule has 16 rings (SSSR count). The molecule has 0 amide bonds. The first kappa shape index (κ1) is 64.0. The molecule has 502 valence electrons. The lowest BCUT2D eigenvalue weighted by Gasteiger charge is -2.69. The van der Waals surface area contributed by atoms with Crippen LogP contribution in [0.5, 0.6) is 0 Å². The maximum Gasteiger partial charge on any atom is 0.155 e. The topological polar surface area (TPSA) is 6.48 Å². The molecule has 2 nitrogen and oxygen atoms in total. The molecular formula is C85H143BN2S. The number of rotatable bonds is 6. The van der Waals surface area contributed by atoms with Crippen LogP contribution in [-0.4, -0.2) is 63.3 Å². The van der Waals surface area contributed by atoms with Crippen LogP contribution in [0.3, 0.4) is 0 Å². The summed E-state index contributed by atoms with van der Waals surface area (Å²) < 4.78 is 0. The summed E-state index contributed by atoms with van der Waals surface area (Å²) >= 11 is 2.80. The monoisotopic (exact) mass is 1240 g/mol. The average molecular weight is 1240 g/mol. The third kappa shape index (κ3) is 11.6. The van der Waals surface area contributed by atoms with Gasteiger partial charge in [-0.15, -0.1) is 0 Å². The SMILES string of the molecule is CC(C)(C)CC1CC2S[C@@H]3CC(C4CCC5CCCC6[C@@H]7CCC[C@@H]8CCC[C@@H](C87)C4[C@H]56)CCC3B3[C@@H]2C(C1)N(C1C(C2CCCCC2)CC(C(C)(C)C)CC1C1CCCCC1)C1C[C@@H](N2C4CCC(C(C)(C)C)CC4C4C[C@@H](C(C)(C)C)CC[C@H]42)CC[C@@H]31. The van der Waals surface area contributed by atoms with Gasteiger partial charge in [-0.1, -0.05) is 205 Å². The van der Waals surface area contributed by atoms with Gasteiger partial charge in [0.05, 0.1) is 0 Å². The van der Waals surface area contributed by atoms with Gasteiger partial charge >= 0.3 is 0 Å². The highest BCUT2D eigenvalue weighted by molar-refractivity contribution is 8.00. The second kappa shape index (κ2) is 24.6. The van der Waals surface area contributed by atoms with Crippen molar-refractivity contribution in [2.45, 2.75) is 391 Å². The van der Waals surface area contributed by atoms with E-state index in [2.05, 4.69) is 105 Å². The van der Waals surface area contributed by atoms with Crippen molar-refractivity contribution in [3.05, 3.63) is 0 Å². The summed E-state index contributed by atoms with van der Waals surface area (Å²) in [4.78, 5) is 7.42. The summed E-state index contributed by atoms with van der Waals surface area (Å²) in [5.74, 6) is 23.2. The Morgan fingerprint density at radius 1 is 0.326 bits per heavy atom. The highest BCUT2D eigenvalue weighted by Gasteiger charge is 2.68. The van der Waals surface area contributed by atoms with Crippen LogP contribution in [0, 0.1) is 140 Å². The Bertz CT molecular complexity index is 2340. The predicted octanol–water partition coefficient (Wildman–Crippen LogP) is 23.4. The van der Waals surface area contributed by atoms with Gasteiger partial charge in [0, 0.05) is 46.8 Å². The number of nitrogens with zero attached hydrogens (tertiary/aromatic N) is 2. The Morgan fingerprint density at radius 3 is 1.44 bits per heavy atom. The van der Waals surface area contributed by atoms with E-state index < -0.39 is 0 Å². The standard InChI is InChI=1S/C85H143BN2S/c1-82(2,3)50-51-42-74-80-76(43-51)89-75-44-56(61-37-32-55-28-20-30-63-62-29-19-26-54-27-21-31-64(77(54)62)79(61)78(55)63)33-38-70(75)86(80)69-39-36-60(87-71-40-34-57(83(4,5)6)45-67(71)68-46-58(84(7,8)9)35-41-72(68)87)49-73(69)88(74)81-65(52-22-15-13-16-23-52)47-59(85(10,11)12)48-66(81)53-24-17-14-18-25-53/h51-81H,13-50H2,1-12H3/t51?,54-,55?,56?,57+,58?,59?,60+,61?,62+,63?,64+,65?,66?,67?,68?,69-,70?,71-,72?,73?,74?,75-,76?,77?,78-,79?,80-,81?/m1/s1. The van der Waals surface area contributed by atoms with Crippen LogP contribution in [0.25, 0.3) is 0 Å². The van der Waals surface area contributed by atoms with Crippen LogP contribution >= 0.6 is 11.8 Å². The van der Waals surface area contributed by atoms with E-state index in [1.807, 2.05) is 0 Å². The summed E-state index contributed by atoms with van der Waals surface area (Å²) in [5.41, 5.74) is 1.67. The lowest BCUT2D eigenvalue weighted by Crippen LogP contribution is -2.72. The van der Waals surface area contributed by atoms with E-state index >= 15 is 0 Å². The molecule has 0 aromatic heterocycles. The van der Waals surface area contributed by atoms with Crippen molar-refractivity contribution in [1.82, 2.24) is 9.80 Å². The van der Waals surface area contributed by atoms with Crippen molar-refractivity contribution in [3.8, 4) is 0 Å². The molecule has 89 heavy (non-hydrogen) atoms. The number of thioether (sulfide) groups is 1. The van der Waals surface area contributed by atoms with Crippen LogP contribution in [0.2, 0.25) is 17.5 Å². The van der Waals surface area contributed by atoms with Gasteiger partial charge in [0.15, 0.2) is 6.71 Å². The molecule has 13 saturated carbocycles. The zero-order valence-electron chi connectivity index (χ0n) is 60.6. The number of likely N-dealkylation sites (tertiary alicyclic amines) is 1. The minimum atomic E-state index is 0.402. The molecule has 0 aromatic rings. The molecule has 27 atom stereocenters. The molecule has 4 heteroatoms. The third-order valence-corrected chi connectivity index (χ3v) is 36.3. The molecule has 0 bridgehead atoms. The molecule has 17 unspecified atom stereocenters. The summed E-state index contributed by atoms with van der Waals surface area (Å²) in [6.45, 7) is 33.0. The molecule has 3 aliphatic heterocycles. The fourth-order valence-electron chi connectivity index (χ4n) is 31.4. The van der Waals surface area contributed by atoms with Gasteiger partial charge in [0.1, 0.15) is 0 Å². The van der Waals surface area contributed by atoms with Gasteiger partial charge < -0.3 is 0 Å². The zero-order chi connectivity index (χ0) is 61.2. The average Bonchev–Trinajstić information content (AvgIpc) is 1.46. The van der Waals surface area contributed by atoms with Crippen LogP contribution < -0.4 is 0 Å². The Kier molecular flexibility index (Phi) is 17.7. The second-order valence-electron chi connectivity index (χ2n) is 42.5. The maximum atomic E-state index is 3.86. The minimum absolute atomic E-state index is 0.402. The van der Waals surface area contributed by atoms with E-state index in [1.165, 1.54) is 83.5 Å². The first-order valence-corrected chi connectivity index (χ1v) is 42.8. The lowest BCUT2D eigenvalue weighted by molar-refractivity contribution is -0.165. The molecule has 13 aliphatic carbocycles. The van der Waals surface area contributed by atoms with Crippen molar-refractivity contribution in [2.24, 2.45) is 140 Å². The summed E-state index contributed by atoms with van der Waals surface area (Å²) in [6, 6.07) is 5.01. The molecule has 0 aromatic carbocycles. The number of fused-ring (bicyclic) bond motifs is 9. The Hall–Kier alpha value is 0.335. The Labute approximate surface area is 556 Å². The van der Waals surface area contributed by atoms with Crippen molar-refractivity contribution in [1.29, 1.82) is 0 Å². The lowest BCUT2D eigenvalue weighted by atomic mass is 9.20. The van der Waals surface area contributed by atoms with Crippen LogP contribution in [0.1, 0.15) is 327 Å². The molecule has 0 spiro atoms. The highest BCUT2D eigenvalue weighted by Crippen LogP contribution is 2.72. The maximum absolute atomic E-state index is 3.86. The van der Waals surface area contributed by atoms with Gasteiger partial charge in [0.25, 0.3) is 0 Å². The van der Waals surface area contributed by atoms with Gasteiger partial charge in [-0.2, -0.15) is 11.8 Å². The largest absolute Gasteiger partial charge is 0.295 e. The van der Waals surface area contributed by atoms with Gasteiger partial charge in [-0.05, 0) is 279 Å². The summed E-state index contributed by atoms with van der Waals surface area (Å²) in [7, 11) is 0. The van der Waals surface area contributed by atoms with Crippen LogP contribution in [0.15, 0.2) is 0 Å². The zero-order valence-corrected chi connectivity index (χ0v) is 61.5. The highest BCUT2D eigenvalue weighted by atomic mass is 32.2. The molecule has 16 aliphatic rings. The van der Waals surface area contributed by atoms with E-state index in [0.29, 0.717) is 21.7 Å². The van der Waals surface area contributed by atoms with Crippen molar-refractivity contribution in [2.75, 3.05) is 0 Å². The third-order valence-electron chi connectivity index (χ3n) is 34.5. The Balaban J connectivity index is 0.792. The van der Waals surface area contributed by atoms with Crippen molar-refractivity contribution < 1.29 is 0 Å². The quantitative estimate of drug-likeness (QED) is 0.245. The number of hydrogen-bond acceptors (Lipinski definition) is 3. The minimum Gasteiger partial charge on any atom is -0.295 e. The molecule has 16 fully saturated rings. The number of hydrogen-bond donors (Lipinski definition) is 0. The van der Waals surface area contributed by atoms with Crippen molar-refractivity contribution >= 4 is 18.5 Å². The van der Waals surface area contributed by atoms with Crippen molar-refractivity contribution in [3.63, 3.8) is 0 Å². The first-order chi connectivity index (χ1) is 42.6. The smallest absolute Gasteiger partial charge is 0.155 e. The van der Waals surface area contributed by atoms with E-state index in [0.717, 1.165) is 189 Å². The van der Waals surface area contributed by atoms with Gasteiger partial charge in [-0.25, -0.2) is 0 Å². The van der Waals surface area contributed by atoms with E-state index in [4.69, 9.17) is 0 Å². The van der Waals surface area contributed by atoms with E-state index in [1.54, 1.807) is 161 Å². The molecule has 0 radical (unpaired) electrons. The fraction of sp³-hybridized carbons (Fsp3) is 1.00. The second-order valence-corrected chi connectivity index (χ2v) is 44.0. The normalized spacial score (nSPS) is 51.0. The predicted molar refractivity (Wildman–Crippen MR) is 382 cm³/mol. The molecule has 3 heterocycles. The van der Waals surface area contributed by atoms with E-state index in [9.17, 15) is 0 Å². The van der Waals surface area contributed by atoms with Crippen LogP contribution in [-0.2, 0) is 0 Å². The summed E-state index contributed by atoms with van der Waals surface area (Å²) in [6.07, 6.45) is 59.6.